The summed E-state index contributed by atoms with van der Waals surface area (Å²) >= 11 is 0. The fourth-order valence-electron chi connectivity index (χ4n) is 2.17. The summed E-state index contributed by atoms with van der Waals surface area (Å²) in [5.74, 6) is 0.213. The Morgan fingerprint density at radius 2 is 2.32 bits per heavy atom. The smallest absolute Gasteiger partial charge is 0.265 e. The maximum Gasteiger partial charge on any atom is 0.265 e. The summed E-state index contributed by atoms with van der Waals surface area (Å²) < 4.78 is 7.18. The first-order chi connectivity index (χ1) is 10.5. The maximum atomic E-state index is 12.2. The van der Waals surface area contributed by atoms with Gasteiger partial charge in [-0.3, -0.25) is 9.59 Å². The lowest BCUT2D eigenvalue weighted by atomic mass is 10.2. The summed E-state index contributed by atoms with van der Waals surface area (Å²) in [6.07, 6.45) is 4.42. The molecule has 0 aliphatic carbocycles. The highest BCUT2D eigenvalue weighted by atomic mass is 16.5. The van der Waals surface area contributed by atoms with Crippen molar-refractivity contribution in [3.63, 3.8) is 0 Å². The van der Waals surface area contributed by atoms with Gasteiger partial charge in [-0.05, 0) is 32.0 Å². The minimum atomic E-state index is -0.519. The van der Waals surface area contributed by atoms with Crippen molar-refractivity contribution in [2.24, 2.45) is 0 Å². The number of nitrogens with zero attached hydrogens (tertiary/aromatic N) is 2. The second-order valence-electron chi connectivity index (χ2n) is 5.14. The summed E-state index contributed by atoms with van der Waals surface area (Å²) in [6.45, 7) is 3.46. The highest BCUT2D eigenvalue weighted by Crippen LogP contribution is 2.32. The quantitative estimate of drug-likeness (QED) is 0.905. The molecule has 2 amide bonds. The Balaban J connectivity index is 1.75. The van der Waals surface area contributed by atoms with Crippen LogP contribution in [-0.2, 0) is 9.59 Å². The van der Waals surface area contributed by atoms with E-state index in [0.717, 1.165) is 0 Å². The van der Waals surface area contributed by atoms with Crippen LogP contribution in [0.4, 0.5) is 11.4 Å². The Labute approximate surface area is 127 Å². The van der Waals surface area contributed by atoms with Crippen LogP contribution in [0.2, 0.25) is 0 Å². The van der Waals surface area contributed by atoms with Gasteiger partial charge in [0.15, 0.2) is 6.10 Å². The minimum Gasteiger partial charge on any atom is -0.479 e. The normalized spacial score (nSPS) is 17.9. The van der Waals surface area contributed by atoms with E-state index in [9.17, 15) is 9.59 Å². The Morgan fingerprint density at radius 3 is 3.05 bits per heavy atom. The van der Waals surface area contributed by atoms with Gasteiger partial charge in [-0.25, -0.2) is 4.98 Å². The van der Waals surface area contributed by atoms with E-state index >= 15 is 0 Å². The number of fused-ring (bicyclic) bond motifs is 1. The van der Waals surface area contributed by atoms with Crippen molar-refractivity contribution < 1.29 is 14.3 Å². The van der Waals surface area contributed by atoms with Gasteiger partial charge >= 0.3 is 0 Å². The molecule has 3 rings (SSSR count). The fourth-order valence-corrected chi connectivity index (χ4v) is 2.17. The highest BCUT2D eigenvalue weighted by Gasteiger charge is 2.24. The molecule has 2 heterocycles. The Hall–Kier alpha value is -2.83. The molecule has 1 aromatic heterocycles. The number of nitrogens with one attached hydrogen (secondary N) is 2. The minimum absolute atomic E-state index is 0.172. The first-order valence-electron chi connectivity index (χ1n) is 6.94. The van der Waals surface area contributed by atoms with Crippen molar-refractivity contribution in [3.05, 3.63) is 36.9 Å². The topological polar surface area (TPSA) is 85.3 Å². The second kappa shape index (κ2) is 5.51. The van der Waals surface area contributed by atoms with Crippen LogP contribution in [0.25, 0.3) is 0 Å². The summed E-state index contributed by atoms with van der Waals surface area (Å²) in [4.78, 5) is 27.8. The zero-order valence-corrected chi connectivity index (χ0v) is 12.2. The predicted molar refractivity (Wildman–Crippen MR) is 80.7 cm³/mol. The van der Waals surface area contributed by atoms with Crippen molar-refractivity contribution in [2.75, 3.05) is 10.6 Å². The van der Waals surface area contributed by atoms with Gasteiger partial charge < -0.3 is 19.9 Å². The summed E-state index contributed by atoms with van der Waals surface area (Å²) in [5, 5.41) is 5.56. The summed E-state index contributed by atoms with van der Waals surface area (Å²) in [6, 6.07) is 4.76. The number of imidazole rings is 1. The van der Waals surface area contributed by atoms with Crippen molar-refractivity contribution in [3.8, 4) is 5.75 Å². The molecule has 0 radical (unpaired) electrons. The molecule has 0 fully saturated rings. The second-order valence-corrected chi connectivity index (χ2v) is 5.14. The molecule has 2 N–H and O–H groups in total. The summed E-state index contributed by atoms with van der Waals surface area (Å²) in [7, 11) is 0. The zero-order chi connectivity index (χ0) is 15.7. The molecular weight excluding hydrogens is 284 g/mol. The van der Waals surface area contributed by atoms with Crippen LogP contribution in [0.15, 0.2) is 36.9 Å². The molecule has 2 atom stereocenters. The summed E-state index contributed by atoms with van der Waals surface area (Å²) in [5.41, 5.74) is 1.14. The number of ether oxygens (including phenoxy) is 1. The van der Waals surface area contributed by atoms with Crippen LogP contribution >= 0.6 is 0 Å². The van der Waals surface area contributed by atoms with Crippen molar-refractivity contribution in [2.45, 2.75) is 26.0 Å². The Kier molecular flexibility index (Phi) is 3.54. The largest absolute Gasteiger partial charge is 0.479 e. The molecule has 1 aliphatic rings. The number of benzene rings is 1. The third-order valence-electron chi connectivity index (χ3n) is 3.53. The van der Waals surface area contributed by atoms with E-state index in [4.69, 9.17) is 4.74 Å². The van der Waals surface area contributed by atoms with E-state index in [0.29, 0.717) is 17.1 Å². The third-order valence-corrected chi connectivity index (χ3v) is 3.53. The average Bonchev–Trinajstić information content (AvgIpc) is 3.02. The number of hydrogen-bond donors (Lipinski definition) is 2. The van der Waals surface area contributed by atoms with Crippen LogP contribution in [0, 0.1) is 0 Å². The monoisotopic (exact) mass is 300 g/mol. The lowest BCUT2D eigenvalue weighted by Crippen LogP contribution is -2.34. The van der Waals surface area contributed by atoms with E-state index < -0.39 is 6.10 Å². The van der Waals surface area contributed by atoms with Crippen LogP contribution in [0.1, 0.15) is 19.9 Å². The molecule has 114 valence electrons. The lowest BCUT2D eigenvalue weighted by molar-refractivity contribution is -0.122. The van der Waals surface area contributed by atoms with E-state index in [2.05, 4.69) is 15.6 Å². The first kappa shape index (κ1) is 14.1. The molecule has 0 spiro atoms. The van der Waals surface area contributed by atoms with Crippen molar-refractivity contribution in [1.29, 1.82) is 0 Å². The van der Waals surface area contributed by atoms with E-state index in [-0.39, 0.29) is 17.9 Å². The van der Waals surface area contributed by atoms with Gasteiger partial charge in [0.2, 0.25) is 5.91 Å². The van der Waals surface area contributed by atoms with Gasteiger partial charge in [0.25, 0.3) is 5.91 Å². The molecule has 7 heteroatoms. The van der Waals surface area contributed by atoms with Crippen molar-refractivity contribution in [1.82, 2.24) is 9.55 Å². The number of carbonyl (C=O) groups is 2. The third kappa shape index (κ3) is 2.65. The van der Waals surface area contributed by atoms with Gasteiger partial charge in [-0.2, -0.15) is 0 Å². The molecule has 0 bridgehead atoms. The zero-order valence-electron chi connectivity index (χ0n) is 12.2. The molecular formula is C15H16N4O3. The molecule has 0 saturated carbocycles. The van der Waals surface area contributed by atoms with Crippen LogP contribution in [0.3, 0.4) is 0 Å². The number of hydrogen-bond acceptors (Lipinski definition) is 4. The number of carbonyl (C=O) groups excluding carboxylic acids is 2. The average molecular weight is 300 g/mol. The molecule has 0 saturated heterocycles. The molecule has 7 nitrogen and oxygen atoms in total. The number of amides is 2. The van der Waals surface area contributed by atoms with Crippen molar-refractivity contribution >= 4 is 23.2 Å². The number of rotatable bonds is 3. The van der Waals surface area contributed by atoms with Gasteiger partial charge in [0.1, 0.15) is 11.8 Å². The lowest BCUT2D eigenvalue weighted by Gasteiger charge is -2.24. The SMILES string of the molecule is C[C@H](C(=O)Nc1ccc2c(c1)NC(=O)[C@@H](C)O2)n1ccnc1. The van der Waals surface area contributed by atoms with Gasteiger partial charge in [0.05, 0.1) is 12.0 Å². The Morgan fingerprint density at radius 1 is 1.50 bits per heavy atom. The van der Waals surface area contributed by atoms with E-state index in [1.54, 1.807) is 55.3 Å². The number of aromatic nitrogens is 2. The standard InChI is InChI=1S/C15H16N4O3/c1-9(19-6-5-16-8-19)14(20)17-11-3-4-13-12(7-11)18-15(21)10(2)22-13/h3-10H,1-2H3,(H,17,20)(H,18,21)/t9-,10-/m1/s1. The van der Waals surface area contributed by atoms with E-state index in [1.807, 2.05) is 0 Å². The molecule has 1 aromatic carbocycles. The molecule has 1 aliphatic heterocycles. The number of anilines is 2. The van der Waals surface area contributed by atoms with Gasteiger partial charge in [0, 0.05) is 18.1 Å². The molecule has 22 heavy (non-hydrogen) atoms. The van der Waals surface area contributed by atoms with Crippen LogP contribution in [-0.4, -0.2) is 27.5 Å². The van der Waals surface area contributed by atoms with Gasteiger partial charge in [-0.15, -0.1) is 0 Å². The van der Waals surface area contributed by atoms with E-state index in [1.165, 1.54) is 0 Å². The van der Waals surface area contributed by atoms with Gasteiger partial charge in [-0.1, -0.05) is 0 Å². The highest BCUT2D eigenvalue weighted by molar-refractivity contribution is 5.99. The molecule has 0 unspecified atom stereocenters. The van der Waals surface area contributed by atoms with Crippen LogP contribution in [0.5, 0.6) is 5.75 Å². The first-order valence-corrected chi connectivity index (χ1v) is 6.94. The van der Waals surface area contributed by atoms with Crippen LogP contribution < -0.4 is 15.4 Å². The predicted octanol–water partition coefficient (Wildman–Crippen LogP) is 1.80. The maximum absolute atomic E-state index is 12.2. The Bertz CT molecular complexity index is 712. The fraction of sp³-hybridized carbons (Fsp3) is 0.267. The molecule has 2 aromatic rings.